The van der Waals surface area contributed by atoms with Crippen LogP contribution in [-0.2, 0) is 0 Å². The zero-order valence-corrected chi connectivity index (χ0v) is 17.7. The highest BCUT2D eigenvalue weighted by atomic mass is 16.5. The third-order valence-electron chi connectivity index (χ3n) is 5.98. The van der Waals surface area contributed by atoms with Crippen molar-refractivity contribution in [3.63, 3.8) is 0 Å². The average Bonchev–Trinajstić information content (AvgIpc) is 2.71. The minimum atomic E-state index is -0.239. The maximum Gasteiger partial charge on any atom is 0.159 e. The molecule has 0 aliphatic carbocycles. The number of para-hydroxylation sites is 1. The van der Waals surface area contributed by atoms with Crippen molar-refractivity contribution in [1.29, 1.82) is 0 Å². The molecule has 0 amide bonds. The van der Waals surface area contributed by atoms with Gasteiger partial charge in [-0.2, -0.15) is 0 Å². The van der Waals surface area contributed by atoms with E-state index in [0.717, 1.165) is 22.6 Å². The summed E-state index contributed by atoms with van der Waals surface area (Å²) in [5.74, 6) is 0.954. The first-order valence-electron chi connectivity index (χ1n) is 10.4. The lowest BCUT2D eigenvalue weighted by Crippen LogP contribution is -2.32. The van der Waals surface area contributed by atoms with Gasteiger partial charge in [0.2, 0.25) is 0 Å². The molecular formula is C27H25NO2. The Morgan fingerprint density at radius 3 is 2.43 bits per heavy atom. The van der Waals surface area contributed by atoms with Gasteiger partial charge in [0, 0.05) is 27.9 Å². The second kappa shape index (κ2) is 6.60. The predicted molar refractivity (Wildman–Crippen MR) is 122 cm³/mol. The number of ketones is 1. The summed E-state index contributed by atoms with van der Waals surface area (Å²) in [5, 5.41) is 3.66. The van der Waals surface area contributed by atoms with Gasteiger partial charge in [-0.1, -0.05) is 54.6 Å². The third kappa shape index (κ3) is 2.93. The van der Waals surface area contributed by atoms with E-state index < -0.39 is 0 Å². The minimum absolute atomic E-state index is 0.0689. The number of benzene rings is 3. The van der Waals surface area contributed by atoms with Crippen molar-refractivity contribution >= 4 is 17.0 Å². The van der Waals surface area contributed by atoms with Gasteiger partial charge in [0.25, 0.3) is 0 Å². The molecule has 3 aromatic rings. The number of fused-ring (bicyclic) bond motifs is 5. The van der Waals surface area contributed by atoms with Gasteiger partial charge in [0.15, 0.2) is 11.9 Å². The molecule has 5 rings (SSSR count). The van der Waals surface area contributed by atoms with Crippen molar-refractivity contribution in [2.45, 2.75) is 39.3 Å². The van der Waals surface area contributed by atoms with E-state index in [1.807, 2.05) is 36.4 Å². The van der Waals surface area contributed by atoms with Crippen LogP contribution in [0.25, 0.3) is 16.7 Å². The van der Waals surface area contributed by atoms with E-state index in [0.29, 0.717) is 5.56 Å². The molecule has 0 bridgehead atoms. The van der Waals surface area contributed by atoms with Crippen LogP contribution in [0.5, 0.6) is 5.75 Å². The average molecular weight is 396 g/mol. The first kappa shape index (κ1) is 18.7. The first-order chi connectivity index (χ1) is 14.3. The van der Waals surface area contributed by atoms with Gasteiger partial charge in [-0.25, -0.2) is 0 Å². The van der Waals surface area contributed by atoms with Crippen molar-refractivity contribution in [3.05, 3.63) is 89.0 Å². The Morgan fingerprint density at radius 1 is 0.967 bits per heavy atom. The number of rotatable bonds is 2. The normalized spacial score (nSPS) is 18.1. The monoisotopic (exact) mass is 395 g/mol. The Kier molecular flexibility index (Phi) is 4.11. The van der Waals surface area contributed by atoms with Crippen molar-refractivity contribution in [1.82, 2.24) is 0 Å². The lowest BCUT2D eigenvalue weighted by molar-refractivity contribution is 0.101. The smallest absolute Gasteiger partial charge is 0.159 e. The number of carbonyl (C=O) groups is 1. The molecule has 3 heteroatoms. The largest absolute Gasteiger partial charge is 0.480 e. The van der Waals surface area contributed by atoms with E-state index in [9.17, 15) is 4.79 Å². The fourth-order valence-electron chi connectivity index (χ4n) is 4.76. The lowest BCUT2D eigenvalue weighted by atomic mass is 9.80. The zero-order chi connectivity index (χ0) is 21.0. The maximum absolute atomic E-state index is 11.7. The molecule has 3 aromatic carbocycles. The van der Waals surface area contributed by atoms with Gasteiger partial charge in [-0.3, -0.25) is 4.79 Å². The molecule has 0 aromatic heterocycles. The van der Waals surface area contributed by atoms with E-state index in [1.54, 1.807) is 6.92 Å². The van der Waals surface area contributed by atoms with Crippen molar-refractivity contribution < 1.29 is 9.53 Å². The summed E-state index contributed by atoms with van der Waals surface area (Å²) in [6.07, 6.45) is 2.05. The molecule has 0 fully saturated rings. The lowest BCUT2D eigenvalue weighted by Gasteiger charge is -2.37. The van der Waals surface area contributed by atoms with Gasteiger partial charge in [-0.15, -0.1) is 0 Å². The van der Waals surface area contributed by atoms with Crippen LogP contribution in [0.2, 0.25) is 0 Å². The van der Waals surface area contributed by atoms with E-state index in [-0.39, 0.29) is 17.4 Å². The highest BCUT2D eigenvalue weighted by Gasteiger charge is 2.34. The molecule has 2 aliphatic heterocycles. The summed E-state index contributed by atoms with van der Waals surface area (Å²) in [6, 6.07) is 20.4. The zero-order valence-electron chi connectivity index (χ0n) is 17.7. The predicted octanol–water partition coefficient (Wildman–Crippen LogP) is 6.65. The molecule has 3 nitrogen and oxygen atoms in total. The Bertz CT molecular complexity index is 1200. The summed E-state index contributed by atoms with van der Waals surface area (Å²) in [6.45, 7) is 8.14. The third-order valence-corrected chi connectivity index (χ3v) is 5.98. The summed E-state index contributed by atoms with van der Waals surface area (Å²) in [7, 11) is 0. The Morgan fingerprint density at radius 2 is 1.70 bits per heavy atom. The van der Waals surface area contributed by atoms with Gasteiger partial charge < -0.3 is 10.1 Å². The number of carbonyl (C=O) groups excluding carboxylic acids is 1. The standard InChI is InChI=1S/C27H25NO2/c1-16-15-27(3,4)28-22-14-13-21-20-7-5-6-8-23(20)30-26(25(21)24(16)22)19-11-9-18(10-12-19)17(2)29/h5-15,26,28H,1-4H3/t26-/m0/s1. The number of allylic oxidation sites excluding steroid dienone is 1. The fourth-order valence-corrected chi connectivity index (χ4v) is 4.76. The number of hydrogen-bond donors (Lipinski definition) is 1. The molecular weight excluding hydrogens is 370 g/mol. The number of hydrogen-bond acceptors (Lipinski definition) is 3. The number of ether oxygens (including phenoxy) is 1. The molecule has 2 heterocycles. The SMILES string of the molecule is CC(=O)c1ccc([C@@H]2Oc3ccccc3-c3ccc4c(c32)C(C)=CC(C)(C)N4)cc1. The quantitative estimate of drug-likeness (QED) is 0.494. The van der Waals surface area contributed by atoms with Crippen LogP contribution in [0.3, 0.4) is 0 Å². The number of nitrogens with one attached hydrogen (secondary N) is 1. The molecule has 150 valence electrons. The minimum Gasteiger partial charge on any atom is -0.480 e. The summed E-state index contributed by atoms with van der Waals surface area (Å²) in [5.41, 5.74) is 8.74. The Hall–Kier alpha value is -3.33. The van der Waals surface area contributed by atoms with Crippen LogP contribution >= 0.6 is 0 Å². The van der Waals surface area contributed by atoms with Crippen LogP contribution in [0.1, 0.15) is 60.8 Å². The number of Topliss-reactive ketones (excluding diaryl/α,β-unsaturated/α-hetero) is 1. The van der Waals surface area contributed by atoms with Gasteiger partial charge in [-0.05, 0) is 56.5 Å². The highest BCUT2D eigenvalue weighted by Crippen LogP contribution is 2.50. The first-order valence-corrected chi connectivity index (χ1v) is 10.4. The van der Waals surface area contributed by atoms with Crippen LogP contribution < -0.4 is 10.1 Å². The summed E-state index contributed by atoms with van der Waals surface area (Å²) >= 11 is 0. The van der Waals surface area contributed by atoms with E-state index in [2.05, 4.69) is 56.4 Å². The Balaban J connectivity index is 1.75. The topological polar surface area (TPSA) is 38.3 Å². The summed E-state index contributed by atoms with van der Waals surface area (Å²) in [4.78, 5) is 11.7. The van der Waals surface area contributed by atoms with Gasteiger partial charge in [0.05, 0.1) is 5.54 Å². The van der Waals surface area contributed by atoms with Gasteiger partial charge >= 0.3 is 0 Å². The molecule has 2 aliphatic rings. The van der Waals surface area contributed by atoms with Crippen LogP contribution in [-0.4, -0.2) is 11.3 Å². The van der Waals surface area contributed by atoms with Crippen LogP contribution in [0.4, 0.5) is 5.69 Å². The van der Waals surface area contributed by atoms with Crippen molar-refractivity contribution in [2.24, 2.45) is 0 Å². The van der Waals surface area contributed by atoms with E-state index in [4.69, 9.17) is 4.74 Å². The van der Waals surface area contributed by atoms with Crippen LogP contribution in [0.15, 0.2) is 66.7 Å². The molecule has 30 heavy (non-hydrogen) atoms. The molecule has 0 radical (unpaired) electrons. The molecule has 0 spiro atoms. The van der Waals surface area contributed by atoms with Gasteiger partial charge in [0.1, 0.15) is 5.75 Å². The molecule has 0 unspecified atom stereocenters. The molecule has 1 N–H and O–H groups in total. The molecule has 0 saturated heterocycles. The van der Waals surface area contributed by atoms with Crippen molar-refractivity contribution in [2.75, 3.05) is 5.32 Å². The number of anilines is 1. The molecule has 1 atom stereocenters. The fraction of sp³-hybridized carbons (Fsp3) is 0.222. The maximum atomic E-state index is 11.7. The highest BCUT2D eigenvalue weighted by molar-refractivity contribution is 5.94. The van der Waals surface area contributed by atoms with E-state index in [1.165, 1.54) is 22.3 Å². The second-order valence-electron chi connectivity index (χ2n) is 8.80. The van der Waals surface area contributed by atoms with Crippen LogP contribution in [0, 0.1) is 0 Å². The summed E-state index contributed by atoms with van der Waals surface area (Å²) < 4.78 is 6.57. The van der Waals surface area contributed by atoms with E-state index >= 15 is 0 Å². The second-order valence-corrected chi connectivity index (χ2v) is 8.80. The Labute approximate surface area is 177 Å². The molecule has 0 saturated carbocycles. The van der Waals surface area contributed by atoms with Crippen molar-refractivity contribution in [3.8, 4) is 16.9 Å².